The van der Waals surface area contributed by atoms with Crippen molar-refractivity contribution in [2.75, 3.05) is 18.2 Å². The number of nitrogens with zero attached hydrogens (tertiary/aromatic N) is 2. The second-order valence-electron chi connectivity index (χ2n) is 7.14. The summed E-state index contributed by atoms with van der Waals surface area (Å²) in [4.78, 5) is 29.2. The van der Waals surface area contributed by atoms with Gasteiger partial charge in [0.15, 0.2) is 11.5 Å². The van der Waals surface area contributed by atoms with E-state index in [0.29, 0.717) is 25.9 Å². The van der Waals surface area contributed by atoms with Crippen LogP contribution >= 0.6 is 0 Å². The highest BCUT2D eigenvalue weighted by Crippen LogP contribution is 2.37. The SMILES string of the molecule is O=C(C1CCC(=O)N1c1ccccc1)N1CCc2cc3c(cc2C1)OCO3. The first-order chi connectivity index (χ1) is 13.2. The summed E-state index contributed by atoms with van der Waals surface area (Å²) in [5.74, 6) is 1.56. The second-order valence-corrected chi connectivity index (χ2v) is 7.14. The van der Waals surface area contributed by atoms with Gasteiger partial charge in [-0.3, -0.25) is 14.5 Å². The van der Waals surface area contributed by atoms with Crippen molar-refractivity contribution in [1.82, 2.24) is 4.90 Å². The Bertz CT molecular complexity index is 912. The minimum atomic E-state index is -0.421. The Kier molecular flexibility index (Phi) is 3.77. The van der Waals surface area contributed by atoms with E-state index in [-0.39, 0.29) is 18.6 Å². The van der Waals surface area contributed by atoms with Gasteiger partial charge in [0.1, 0.15) is 6.04 Å². The number of amides is 2. The summed E-state index contributed by atoms with van der Waals surface area (Å²) in [6.07, 6.45) is 1.76. The molecule has 1 saturated heterocycles. The van der Waals surface area contributed by atoms with Crippen LogP contribution in [-0.4, -0.2) is 36.1 Å². The standard InChI is InChI=1S/C21H20N2O4/c24-20-7-6-17(23(20)16-4-2-1-3-5-16)21(25)22-9-8-14-10-18-19(27-13-26-18)11-15(14)12-22/h1-5,10-11,17H,6-9,12-13H2. The number of para-hydroxylation sites is 1. The third-order valence-corrected chi connectivity index (χ3v) is 5.55. The molecule has 3 aliphatic heterocycles. The Morgan fingerprint density at radius 3 is 2.52 bits per heavy atom. The smallest absolute Gasteiger partial charge is 0.246 e. The molecule has 2 aromatic rings. The van der Waals surface area contributed by atoms with Crippen molar-refractivity contribution in [2.24, 2.45) is 0 Å². The molecule has 1 fully saturated rings. The average Bonchev–Trinajstić information content (AvgIpc) is 3.31. The van der Waals surface area contributed by atoms with Gasteiger partial charge < -0.3 is 14.4 Å². The van der Waals surface area contributed by atoms with Crippen LogP contribution in [0, 0.1) is 0 Å². The van der Waals surface area contributed by atoms with E-state index < -0.39 is 6.04 Å². The predicted octanol–water partition coefficient (Wildman–Crippen LogP) is 2.50. The molecule has 0 radical (unpaired) electrons. The molecule has 27 heavy (non-hydrogen) atoms. The van der Waals surface area contributed by atoms with Crippen LogP contribution in [0.1, 0.15) is 24.0 Å². The Labute approximate surface area is 157 Å². The molecule has 0 saturated carbocycles. The molecule has 0 bridgehead atoms. The van der Waals surface area contributed by atoms with E-state index in [1.807, 2.05) is 47.4 Å². The lowest BCUT2D eigenvalue weighted by atomic mass is 9.98. The molecule has 1 unspecified atom stereocenters. The van der Waals surface area contributed by atoms with Crippen molar-refractivity contribution in [3.05, 3.63) is 53.6 Å². The largest absolute Gasteiger partial charge is 0.454 e. The van der Waals surface area contributed by atoms with Crippen molar-refractivity contribution in [3.63, 3.8) is 0 Å². The quantitative estimate of drug-likeness (QED) is 0.822. The van der Waals surface area contributed by atoms with Gasteiger partial charge >= 0.3 is 0 Å². The molecule has 0 aliphatic carbocycles. The summed E-state index contributed by atoms with van der Waals surface area (Å²) in [6.45, 7) is 1.44. The number of ether oxygens (including phenoxy) is 2. The number of fused-ring (bicyclic) bond motifs is 2. The molecule has 0 aromatic heterocycles. The summed E-state index contributed by atoms with van der Waals surface area (Å²) in [5.41, 5.74) is 3.08. The predicted molar refractivity (Wildman–Crippen MR) is 98.6 cm³/mol. The van der Waals surface area contributed by atoms with Gasteiger partial charge in [-0.25, -0.2) is 0 Å². The van der Waals surface area contributed by atoms with E-state index >= 15 is 0 Å². The van der Waals surface area contributed by atoms with E-state index in [1.54, 1.807) is 4.90 Å². The first-order valence-corrected chi connectivity index (χ1v) is 9.28. The van der Waals surface area contributed by atoms with Crippen LogP contribution in [0.15, 0.2) is 42.5 Å². The molecule has 3 heterocycles. The Hall–Kier alpha value is -3.02. The van der Waals surface area contributed by atoms with Gasteiger partial charge in [0.2, 0.25) is 18.6 Å². The van der Waals surface area contributed by atoms with Crippen LogP contribution in [0.25, 0.3) is 0 Å². The maximum absolute atomic E-state index is 13.2. The molecule has 3 aliphatic rings. The fourth-order valence-electron chi connectivity index (χ4n) is 4.18. The normalized spacial score (nSPS) is 20.7. The minimum absolute atomic E-state index is 0.0142. The van der Waals surface area contributed by atoms with E-state index in [4.69, 9.17) is 9.47 Å². The zero-order valence-electron chi connectivity index (χ0n) is 14.9. The lowest BCUT2D eigenvalue weighted by Crippen LogP contribution is -2.48. The number of benzene rings is 2. The number of rotatable bonds is 2. The molecule has 2 aromatic carbocycles. The Morgan fingerprint density at radius 2 is 1.74 bits per heavy atom. The Morgan fingerprint density at radius 1 is 1.00 bits per heavy atom. The first-order valence-electron chi connectivity index (χ1n) is 9.28. The topological polar surface area (TPSA) is 59.1 Å². The van der Waals surface area contributed by atoms with E-state index in [0.717, 1.165) is 29.2 Å². The van der Waals surface area contributed by atoms with E-state index in [1.165, 1.54) is 5.56 Å². The zero-order valence-corrected chi connectivity index (χ0v) is 14.9. The minimum Gasteiger partial charge on any atom is -0.454 e. The summed E-state index contributed by atoms with van der Waals surface area (Å²) in [7, 11) is 0. The van der Waals surface area contributed by atoms with Gasteiger partial charge in [-0.1, -0.05) is 18.2 Å². The van der Waals surface area contributed by atoms with Crippen molar-refractivity contribution in [2.45, 2.75) is 31.8 Å². The van der Waals surface area contributed by atoms with Crippen LogP contribution in [0.3, 0.4) is 0 Å². The fraction of sp³-hybridized carbons (Fsp3) is 0.333. The average molecular weight is 364 g/mol. The van der Waals surface area contributed by atoms with Gasteiger partial charge in [0, 0.05) is 25.2 Å². The molecule has 0 N–H and O–H groups in total. The number of carbonyl (C=O) groups is 2. The Balaban J connectivity index is 1.39. The second kappa shape index (κ2) is 6.30. The first kappa shape index (κ1) is 16.2. The van der Waals surface area contributed by atoms with Gasteiger partial charge in [0.25, 0.3) is 0 Å². The van der Waals surface area contributed by atoms with Crippen LogP contribution in [0.2, 0.25) is 0 Å². The molecule has 6 nitrogen and oxygen atoms in total. The van der Waals surface area contributed by atoms with E-state index in [2.05, 4.69) is 0 Å². The molecule has 1 atom stereocenters. The number of hydrogen-bond acceptors (Lipinski definition) is 4. The summed E-state index contributed by atoms with van der Waals surface area (Å²) < 4.78 is 10.9. The highest BCUT2D eigenvalue weighted by molar-refractivity contribution is 6.03. The van der Waals surface area contributed by atoms with Crippen LogP contribution in [0.5, 0.6) is 11.5 Å². The summed E-state index contributed by atoms with van der Waals surface area (Å²) >= 11 is 0. The molecule has 6 heteroatoms. The monoisotopic (exact) mass is 364 g/mol. The lowest BCUT2D eigenvalue weighted by Gasteiger charge is -2.33. The summed E-state index contributed by atoms with van der Waals surface area (Å²) in [5, 5.41) is 0. The highest BCUT2D eigenvalue weighted by Gasteiger charge is 2.39. The molecule has 0 spiro atoms. The number of carbonyl (C=O) groups excluding carboxylic acids is 2. The molecule has 138 valence electrons. The number of hydrogen-bond donors (Lipinski definition) is 0. The maximum Gasteiger partial charge on any atom is 0.246 e. The highest BCUT2D eigenvalue weighted by atomic mass is 16.7. The molecular formula is C21H20N2O4. The van der Waals surface area contributed by atoms with E-state index in [9.17, 15) is 9.59 Å². The molecule has 2 amide bonds. The zero-order chi connectivity index (χ0) is 18.4. The third kappa shape index (κ3) is 2.72. The van der Waals surface area contributed by atoms with Crippen LogP contribution in [0.4, 0.5) is 5.69 Å². The van der Waals surface area contributed by atoms with Crippen molar-refractivity contribution < 1.29 is 19.1 Å². The van der Waals surface area contributed by atoms with Gasteiger partial charge in [-0.05, 0) is 48.2 Å². The lowest BCUT2D eigenvalue weighted by molar-refractivity contribution is -0.134. The third-order valence-electron chi connectivity index (χ3n) is 5.55. The maximum atomic E-state index is 13.2. The fourth-order valence-corrected chi connectivity index (χ4v) is 4.18. The molecule has 5 rings (SSSR count). The summed E-state index contributed by atoms with van der Waals surface area (Å²) in [6, 6.07) is 13.0. The van der Waals surface area contributed by atoms with Crippen LogP contribution in [-0.2, 0) is 22.6 Å². The van der Waals surface area contributed by atoms with Crippen molar-refractivity contribution in [1.29, 1.82) is 0 Å². The number of anilines is 1. The van der Waals surface area contributed by atoms with Gasteiger partial charge in [0.05, 0.1) is 0 Å². The van der Waals surface area contributed by atoms with Crippen LogP contribution < -0.4 is 14.4 Å². The molecular weight excluding hydrogens is 344 g/mol. The van der Waals surface area contributed by atoms with Crippen molar-refractivity contribution >= 4 is 17.5 Å². The van der Waals surface area contributed by atoms with Gasteiger partial charge in [-0.2, -0.15) is 0 Å². The van der Waals surface area contributed by atoms with Gasteiger partial charge in [-0.15, -0.1) is 0 Å². The van der Waals surface area contributed by atoms with Crippen molar-refractivity contribution in [3.8, 4) is 11.5 Å².